The summed E-state index contributed by atoms with van der Waals surface area (Å²) in [5, 5.41) is 15.4. The van der Waals surface area contributed by atoms with E-state index in [9.17, 15) is 14.9 Å². The van der Waals surface area contributed by atoms with Gasteiger partial charge in [-0.1, -0.05) is 0 Å². The molecule has 9 heteroatoms. The third-order valence-electron chi connectivity index (χ3n) is 2.04. The Kier molecular flexibility index (Phi) is 5.01. The van der Waals surface area contributed by atoms with Crippen LogP contribution in [-0.4, -0.2) is 30.3 Å². The molecule has 0 spiro atoms. The van der Waals surface area contributed by atoms with Gasteiger partial charge in [0.1, 0.15) is 5.75 Å². The van der Waals surface area contributed by atoms with Gasteiger partial charge in [-0.2, -0.15) is 0 Å². The van der Waals surface area contributed by atoms with Gasteiger partial charge in [-0.3, -0.25) is 15.4 Å². The molecule has 19 heavy (non-hydrogen) atoms. The van der Waals surface area contributed by atoms with Crippen LogP contribution in [0.25, 0.3) is 0 Å². The molecule has 0 fully saturated rings. The largest absolute Gasteiger partial charge is 0.495 e. The third-order valence-corrected chi connectivity index (χ3v) is 2.25. The molecule has 1 aromatic carbocycles. The van der Waals surface area contributed by atoms with Gasteiger partial charge in [0.05, 0.1) is 24.8 Å². The molecule has 102 valence electrons. The molecule has 1 rings (SSSR count). The van der Waals surface area contributed by atoms with Crippen LogP contribution in [0.2, 0.25) is 0 Å². The summed E-state index contributed by atoms with van der Waals surface area (Å²) in [5.74, 6) is 0.347. The van der Waals surface area contributed by atoms with E-state index in [1.165, 1.54) is 32.4 Å². The lowest BCUT2D eigenvalue weighted by atomic mass is 10.2. The number of rotatable bonds is 3. The summed E-state index contributed by atoms with van der Waals surface area (Å²) in [6.45, 7) is 0. The summed E-state index contributed by atoms with van der Waals surface area (Å²) in [6.07, 6.45) is -0.748. The molecule has 0 unspecified atom stereocenters. The van der Waals surface area contributed by atoms with Gasteiger partial charge in [-0.25, -0.2) is 4.79 Å². The fourth-order valence-corrected chi connectivity index (χ4v) is 1.40. The number of anilines is 1. The van der Waals surface area contributed by atoms with E-state index in [1.807, 2.05) is 0 Å². The van der Waals surface area contributed by atoms with Crippen molar-refractivity contribution in [2.45, 2.75) is 0 Å². The van der Waals surface area contributed by atoms with E-state index in [2.05, 4.69) is 15.4 Å². The van der Waals surface area contributed by atoms with Crippen LogP contribution in [0.5, 0.6) is 5.75 Å². The number of amides is 1. The van der Waals surface area contributed by atoms with E-state index in [0.29, 0.717) is 5.75 Å². The highest BCUT2D eigenvalue weighted by Crippen LogP contribution is 2.28. The molecule has 0 bridgehead atoms. The highest BCUT2D eigenvalue weighted by atomic mass is 32.1. The molecule has 1 aromatic rings. The highest BCUT2D eigenvalue weighted by Gasteiger charge is 2.13. The first-order valence-electron chi connectivity index (χ1n) is 4.96. The molecular formula is C10H11N3O5S. The number of methoxy groups -OCH3 is 2. The lowest BCUT2D eigenvalue weighted by Gasteiger charge is -2.11. The Morgan fingerprint density at radius 3 is 2.63 bits per heavy atom. The normalized spacial score (nSPS) is 9.37. The lowest BCUT2D eigenvalue weighted by molar-refractivity contribution is -0.384. The van der Waals surface area contributed by atoms with E-state index in [1.54, 1.807) is 0 Å². The lowest BCUT2D eigenvalue weighted by Crippen LogP contribution is -2.34. The molecule has 8 nitrogen and oxygen atoms in total. The maximum atomic E-state index is 10.9. The average molecular weight is 285 g/mol. The minimum absolute atomic E-state index is 0.0642. The van der Waals surface area contributed by atoms with Crippen LogP contribution in [0.15, 0.2) is 18.2 Å². The van der Waals surface area contributed by atoms with E-state index in [-0.39, 0.29) is 16.5 Å². The zero-order chi connectivity index (χ0) is 14.4. The van der Waals surface area contributed by atoms with Crippen molar-refractivity contribution in [1.29, 1.82) is 0 Å². The molecule has 0 radical (unpaired) electrons. The van der Waals surface area contributed by atoms with Crippen molar-refractivity contribution in [1.82, 2.24) is 5.32 Å². The number of ether oxygens (including phenoxy) is 2. The number of nitrogens with one attached hydrogen (secondary N) is 2. The van der Waals surface area contributed by atoms with Crippen LogP contribution in [-0.2, 0) is 4.74 Å². The van der Waals surface area contributed by atoms with Crippen LogP contribution in [0.4, 0.5) is 16.2 Å². The first-order valence-corrected chi connectivity index (χ1v) is 5.37. The Balaban J connectivity index is 2.91. The van der Waals surface area contributed by atoms with Crippen molar-refractivity contribution in [2.75, 3.05) is 19.5 Å². The molecule has 0 aromatic heterocycles. The summed E-state index contributed by atoms with van der Waals surface area (Å²) < 4.78 is 9.38. The van der Waals surface area contributed by atoms with Crippen LogP contribution in [0.1, 0.15) is 0 Å². The number of non-ortho nitro benzene ring substituents is 1. The number of alkyl carbamates (subject to hydrolysis) is 1. The van der Waals surface area contributed by atoms with Crippen molar-refractivity contribution >= 4 is 34.8 Å². The first-order chi connectivity index (χ1) is 8.97. The molecule has 0 heterocycles. The predicted molar refractivity (Wildman–Crippen MR) is 71.4 cm³/mol. The molecular weight excluding hydrogens is 274 g/mol. The van der Waals surface area contributed by atoms with Crippen LogP contribution in [0.3, 0.4) is 0 Å². The Morgan fingerprint density at radius 1 is 1.42 bits per heavy atom. The van der Waals surface area contributed by atoms with E-state index in [4.69, 9.17) is 17.0 Å². The second-order valence-corrected chi connectivity index (χ2v) is 3.62. The standard InChI is InChI=1S/C10H11N3O5S/c1-17-8-4-3-6(13(15)16)5-7(8)11-9(19)12-10(14)18-2/h3-5H,1-2H3,(H2,11,12,14,19). The SMILES string of the molecule is COC(=O)NC(=S)Nc1cc([N+](=O)[O-])ccc1OC. The van der Waals surface area contributed by atoms with Crippen molar-refractivity contribution in [3.8, 4) is 5.75 Å². The highest BCUT2D eigenvalue weighted by molar-refractivity contribution is 7.80. The van der Waals surface area contributed by atoms with Crippen molar-refractivity contribution in [2.24, 2.45) is 0 Å². The van der Waals surface area contributed by atoms with Crippen LogP contribution >= 0.6 is 12.2 Å². The quantitative estimate of drug-likeness (QED) is 0.494. The van der Waals surface area contributed by atoms with E-state index < -0.39 is 11.0 Å². The predicted octanol–water partition coefficient (Wildman–Crippen LogP) is 1.66. The summed E-state index contributed by atoms with van der Waals surface area (Å²) >= 11 is 4.85. The Labute approximate surface area is 113 Å². The Bertz CT molecular complexity index is 520. The number of carbonyl (C=O) groups is 1. The summed E-state index contributed by atoms with van der Waals surface area (Å²) in [6, 6.07) is 3.95. The number of thiocarbonyl (C=S) groups is 1. The van der Waals surface area contributed by atoms with Gasteiger partial charge in [-0.15, -0.1) is 0 Å². The monoisotopic (exact) mass is 285 g/mol. The van der Waals surface area contributed by atoms with Crippen LogP contribution in [0, 0.1) is 10.1 Å². The number of carbonyl (C=O) groups excluding carboxylic acids is 1. The fourth-order valence-electron chi connectivity index (χ4n) is 1.20. The number of nitrogens with zero attached hydrogens (tertiary/aromatic N) is 1. The van der Waals surface area contributed by atoms with Gasteiger partial charge in [0, 0.05) is 12.1 Å². The minimum atomic E-state index is -0.748. The molecule has 1 amide bonds. The van der Waals surface area contributed by atoms with Gasteiger partial charge in [0.15, 0.2) is 5.11 Å². The molecule has 0 atom stereocenters. The smallest absolute Gasteiger partial charge is 0.413 e. The zero-order valence-electron chi connectivity index (χ0n) is 10.1. The number of nitro groups is 1. The molecule has 0 aliphatic carbocycles. The van der Waals surface area contributed by atoms with Gasteiger partial charge >= 0.3 is 6.09 Å². The second kappa shape index (κ2) is 6.50. The van der Waals surface area contributed by atoms with Gasteiger partial charge in [-0.05, 0) is 18.3 Å². The molecule has 0 aliphatic rings. The van der Waals surface area contributed by atoms with Gasteiger partial charge in [0.25, 0.3) is 5.69 Å². The second-order valence-electron chi connectivity index (χ2n) is 3.21. The molecule has 2 N–H and O–H groups in total. The number of hydrogen-bond donors (Lipinski definition) is 2. The number of nitro benzene ring substituents is 1. The fraction of sp³-hybridized carbons (Fsp3) is 0.200. The van der Waals surface area contributed by atoms with E-state index >= 15 is 0 Å². The van der Waals surface area contributed by atoms with Gasteiger partial charge < -0.3 is 14.8 Å². The Hall–Kier alpha value is -2.42. The van der Waals surface area contributed by atoms with Crippen LogP contribution < -0.4 is 15.4 Å². The molecule has 0 saturated carbocycles. The molecule has 0 saturated heterocycles. The summed E-state index contributed by atoms with van der Waals surface area (Å²) in [7, 11) is 2.59. The summed E-state index contributed by atoms with van der Waals surface area (Å²) in [5.41, 5.74) is 0.127. The minimum Gasteiger partial charge on any atom is -0.495 e. The first kappa shape index (κ1) is 14.6. The Morgan fingerprint density at radius 2 is 2.11 bits per heavy atom. The maximum Gasteiger partial charge on any atom is 0.413 e. The van der Waals surface area contributed by atoms with Crippen molar-refractivity contribution < 1.29 is 19.2 Å². The molecule has 0 aliphatic heterocycles. The average Bonchev–Trinajstić information content (AvgIpc) is 2.38. The topological polar surface area (TPSA) is 103 Å². The van der Waals surface area contributed by atoms with Gasteiger partial charge in [0.2, 0.25) is 0 Å². The third kappa shape index (κ3) is 4.07. The van der Waals surface area contributed by atoms with E-state index in [0.717, 1.165) is 0 Å². The number of hydrogen-bond acceptors (Lipinski definition) is 6. The van der Waals surface area contributed by atoms with Crippen molar-refractivity contribution in [3.05, 3.63) is 28.3 Å². The summed E-state index contributed by atoms with van der Waals surface area (Å²) in [4.78, 5) is 21.1. The van der Waals surface area contributed by atoms with Crippen molar-refractivity contribution in [3.63, 3.8) is 0 Å². The zero-order valence-corrected chi connectivity index (χ0v) is 10.9. The number of benzene rings is 1. The maximum absolute atomic E-state index is 10.9.